The van der Waals surface area contributed by atoms with E-state index in [1.54, 1.807) is 31.7 Å². The van der Waals surface area contributed by atoms with Crippen LogP contribution in [-0.4, -0.2) is 67.4 Å². The Hall–Kier alpha value is -4.09. The number of fused-ring (bicyclic) bond motifs is 1. The number of methoxy groups -OCH3 is 1. The summed E-state index contributed by atoms with van der Waals surface area (Å²) in [6.07, 6.45) is 6.71. The second-order valence-corrected chi connectivity index (χ2v) is 9.13. The summed E-state index contributed by atoms with van der Waals surface area (Å²) in [6.45, 7) is 4.54. The molecule has 10 nitrogen and oxygen atoms in total. The van der Waals surface area contributed by atoms with Crippen LogP contribution in [0.1, 0.15) is 19.8 Å². The number of allylic oxidation sites excluding steroid dienone is 1. The molecule has 1 aliphatic rings. The number of hydrogen-bond acceptors (Lipinski definition) is 8. The average Bonchev–Trinajstić information content (AvgIpc) is 3.29. The molecule has 1 unspecified atom stereocenters. The number of benzene rings is 2. The summed E-state index contributed by atoms with van der Waals surface area (Å²) in [6, 6.07) is 9.56. The molecule has 38 heavy (non-hydrogen) atoms. The quantitative estimate of drug-likeness (QED) is 0.260. The third kappa shape index (κ3) is 6.24. The van der Waals surface area contributed by atoms with E-state index >= 15 is 0 Å². The molecular weight excluding hydrogens is 489 g/mol. The molecule has 11 heteroatoms. The fourth-order valence-electron chi connectivity index (χ4n) is 4.38. The maximum atomic E-state index is 14.0. The van der Waals surface area contributed by atoms with Gasteiger partial charge in [-0.15, -0.1) is 4.59 Å². The second-order valence-electron chi connectivity index (χ2n) is 9.13. The van der Waals surface area contributed by atoms with Crippen LogP contribution < -0.4 is 25.1 Å². The van der Waals surface area contributed by atoms with Crippen LogP contribution in [0.15, 0.2) is 59.7 Å². The van der Waals surface area contributed by atoms with Gasteiger partial charge in [-0.2, -0.15) is 0 Å². The summed E-state index contributed by atoms with van der Waals surface area (Å²) in [5.41, 5.74) is 7.20. The molecule has 3 aromatic rings. The zero-order valence-electron chi connectivity index (χ0n) is 21.9. The van der Waals surface area contributed by atoms with Crippen LogP contribution in [0.2, 0.25) is 0 Å². The molecule has 0 saturated carbocycles. The molecule has 0 spiro atoms. The molecule has 2 aromatic carbocycles. The summed E-state index contributed by atoms with van der Waals surface area (Å²) in [5.74, 6) is 0.662. The van der Waals surface area contributed by atoms with E-state index in [0.29, 0.717) is 46.2 Å². The first-order valence-electron chi connectivity index (χ1n) is 12.5. The lowest BCUT2D eigenvalue weighted by atomic mass is 10.2. The standard InChI is InChI=1S/C27H32FN7O3/c1-4-9-34(2)10-6-11-38-25-14-23-22(13-24(25)37-3)27(31-18-30-23)33-20-15-32-35(16-20,17-26(29)36)21-8-5-7-19(28)12-21/h5,7-8,12-16,18H,4,6,9-11,17H2,1-3H3,(H2-,29,30,31,33,36)/p+1. The lowest BCUT2D eigenvalue weighted by Crippen LogP contribution is -2.44. The largest absolute Gasteiger partial charge is 0.493 e. The van der Waals surface area contributed by atoms with Crippen molar-refractivity contribution in [1.82, 2.24) is 19.5 Å². The number of carbonyl (C=O) groups excluding carboxylic acids is 1. The van der Waals surface area contributed by atoms with Crippen LogP contribution >= 0.6 is 0 Å². The van der Waals surface area contributed by atoms with E-state index in [0.717, 1.165) is 25.9 Å². The van der Waals surface area contributed by atoms with E-state index in [-0.39, 0.29) is 11.1 Å². The Morgan fingerprint density at radius 1 is 1.18 bits per heavy atom. The molecule has 0 bridgehead atoms. The molecular formula is C27H33FN7O3+. The van der Waals surface area contributed by atoms with Crippen molar-refractivity contribution in [2.45, 2.75) is 19.8 Å². The van der Waals surface area contributed by atoms with Crippen LogP contribution in [0, 0.1) is 5.82 Å². The maximum Gasteiger partial charge on any atom is 0.276 e. The Kier molecular flexibility index (Phi) is 8.49. The fourth-order valence-corrected chi connectivity index (χ4v) is 4.38. The van der Waals surface area contributed by atoms with Gasteiger partial charge in [0.15, 0.2) is 29.9 Å². The highest BCUT2D eigenvalue weighted by Crippen LogP contribution is 2.35. The normalized spacial score (nSPS) is 16.6. The Balaban J connectivity index is 1.57. The Labute approximate surface area is 221 Å². The van der Waals surface area contributed by atoms with E-state index in [1.807, 2.05) is 12.1 Å². The predicted molar refractivity (Wildman–Crippen MR) is 146 cm³/mol. The highest BCUT2D eigenvalue weighted by atomic mass is 19.1. The van der Waals surface area contributed by atoms with Crippen LogP contribution in [0.25, 0.3) is 10.9 Å². The molecule has 0 aliphatic carbocycles. The smallest absolute Gasteiger partial charge is 0.276 e. The van der Waals surface area contributed by atoms with Crippen molar-refractivity contribution < 1.29 is 18.7 Å². The van der Waals surface area contributed by atoms with Gasteiger partial charge in [0.25, 0.3) is 5.91 Å². The summed E-state index contributed by atoms with van der Waals surface area (Å²) in [5, 5.41) is 8.44. The zero-order valence-corrected chi connectivity index (χ0v) is 21.9. The van der Waals surface area contributed by atoms with Gasteiger partial charge >= 0.3 is 0 Å². The van der Waals surface area contributed by atoms with E-state index in [9.17, 15) is 9.18 Å². The summed E-state index contributed by atoms with van der Waals surface area (Å²) < 4.78 is 25.3. The Bertz CT molecular complexity index is 1360. The first-order valence-corrected chi connectivity index (χ1v) is 12.5. The molecule has 3 N–H and O–H groups in total. The van der Waals surface area contributed by atoms with Crippen molar-refractivity contribution in [1.29, 1.82) is 0 Å². The number of nitrogens with one attached hydrogen (secondary N) is 1. The molecule has 4 rings (SSSR count). The van der Waals surface area contributed by atoms with Gasteiger partial charge in [-0.1, -0.05) is 18.1 Å². The minimum Gasteiger partial charge on any atom is -0.493 e. The monoisotopic (exact) mass is 522 g/mol. The van der Waals surface area contributed by atoms with Crippen molar-refractivity contribution in [3.63, 3.8) is 0 Å². The number of quaternary nitrogens is 1. The van der Waals surface area contributed by atoms with Gasteiger partial charge in [0, 0.05) is 30.1 Å². The minimum atomic E-state index is -0.578. The van der Waals surface area contributed by atoms with Crippen molar-refractivity contribution in [2.24, 2.45) is 10.8 Å². The van der Waals surface area contributed by atoms with Gasteiger partial charge in [-0.3, -0.25) is 4.79 Å². The average molecular weight is 523 g/mol. The first kappa shape index (κ1) is 27.0. The van der Waals surface area contributed by atoms with Gasteiger partial charge in [0.2, 0.25) is 0 Å². The third-order valence-electron chi connectivity index (χ3n) is 6.14. The SMILES string of the molecule is CCCN(C)CCCOc1cc2ncnc(NC3=C[N+](CC(N)=O)(c4cccc(F)c4)N=C3)c2cc1OC. The number of aromatic nitrogens is 2. The second kappa shape index (κ2) is 12.0. The maximum absolute atomic E-state index is 14.0. The molecule has 1 amide bonds. The number of anilines is 1. The summed E-state index contributed by atoms with van der Waals surface area (Å²) >= 11 is 0. The van der Waals surface area contributed by atoms with Gasteiger partial charge in [0.1, 0.15) is 29.9 Å². The van der Waals surface area contributed by atoms with Crippen molar-refractivity contribution in [2.75, 3.05) is 45.7 Å². The topological polar surface area (TPSA) is 115 Å². The molecule has 1 atom stereocenters. The molecule has 2 heterocycles. The van der Waals surface area contributed by atoms with E-state index in [1.165, 1.54) is 18.5 Å². The number of halogens is 1. The third-order valence-corrected chi connectivity index (χ3v) is 6.14. The molecule has 1 aliphatic heterocycles. The van der Waals surface area contributed by atoms with Crippen LogP contribution in [-0.2, 0) is 4.79 Å². The summed E-state index contributed by atoms with van der Waals surface area (Å²) in [4.78, 5) is 22.9. The number of carbonyl (C=O) groups is 1. The molecule has 1 aromatic heterocycles. The van der Waals surface area contributed by atoms with Gasteiger partial charge in [-0.05, 0) is 38.6 Å². The number of hydrogen-bond donors (Lipinski definition) is 2. The van der Waals surface area contributed by atoms with Crippen molar-refractivity contribution >= 4 is 34.5 Å². The van der Waals surface area contributed by atoms with Gasteiger partial charge in [0.05, 0.1) is 19.2 Å². The van der Waals surface area contributed by atoms with Gasteiger partial charge in [-0.25, -0.2) is 14.4 Å². The number of rotatable bonds is 13. The molecule has 0 fully saturated rings. The first-order chi connectivity index (χ1) is 18.3. The molecule has 200 valence electrons. The van der Waals surface area contributed by atoms with E-state index < -0.39 is 11.7 Å². The van der Waals surface area contributed by atoms with E-state index in [4.69, 9.17) is 15.2 Å². The van der Waals surface area contributed by atoms with Crippen LogP contribution in [0.3, 0.4) is 0 Å². The number of amides is 1. The Morgan fingerprint density at radius 3 is 2.76 bits per heavy atom. The Morgan fingerprint density at radius 2 is 2.03 bits per heavy atom. The predicted octanol–water partition coefficient (Wildman–Crippen LogP) is 3.63. The summed E-state index contributed by atoms with van der Waals surface area (Å²) in [7, 11) is 3.69. The van der Waals surface area contributed by atoms with Gasteiger partial charge < -0.3 is 25.4 Å². The number of ether oxygens (including phenoxy) is 2. The number of nitrogens with zero attached hydrogens (tertiary/aromatic N) is 5. The number of nitrogens with two attached hydrogens (primary N) is 1. The van der Waals surface area contributed by atoms with Crippen molar-refractivity contribution in [3.8, 4) is 11.5 Å². The lowest BCUT2D eigenvalue weighted by molar-refractivity contribution is -0.118. The minimum absolute atomic E-state index is 0.168. The van der Waals surface area contributed by atoms with E-state index in [2.05, 4.69) is 39.3 Å². The fraction of sp³-hybridized carbons (Fsp3) is 0.333. The lowest BCUT2D eigenvalue weighted by Gasteiger charge is -2.23. The highest BCUT2D eigenvalue weighted by Gasteiger charge is 2.36. The number of primary amides is 1. The highest BCUT2D eigenvalue weighted by molar-refractivity contribution is 5.96. The molecule has 0 radical (unpaired) electrons. The van der Waals surface area contributed by atoms with Crippen LogP contribution in [0.4, 0.5) is 15.9 Å². The van der Waals surface area contributed by atoms with Crippen LogP contribution in [0.5, 0.6) is 11.5 Å². The zero-order chi connectivity index (χ0) is 27.1. The van der Waals surface area contributed by atoms with Crippen molar-refractivity contribution in [3.05, 3.63) is 60.4 Å². The molecule has 0 saturated heterocycles.